The van der Waals surface area contributed by atoms with E-state index in [2.05, 4.69) is 16.0 Å². The van der Waals surface area contributed by atoms with E-state index in [1.165, 1.54) is 0 Å². The molecule has 0 spiro atoms. The third-order valence-corrected chi connectivity index (χ3v) is 2.61. The normalized spacial score (nSPS) is 19.6. The lowest BCUT2D eigenvalue weighted by atomic mass is 10.2. The Morgan fingerprint density at radius 3 is 2.94 bits per heavy atom. The average molecular weight is 233 g/mol. The molecule has 0 saturated carbocycles. The van der Waals surface area contributed by atoms with E-state index in [0.29, 0.717) is 6.54 Å². The summed E-state index contributed by atoms with van der Waals surface area (Å²) in [7, 11) is 0. The third kappa shape index (κ3) is 3.04. The maximum absolute atomic E-state index is 11.9. The number of hydrogen-bond donors (Lipinski definition) is 3. The molecule has 1 aromatic carbocycles. The summed E-state index contributed by atoms with van der Waals surface area (Å²) >= 11 is 0. The molecule has 90 valence electrons. The van der Waals surface area contributed by atoms with Gasteiger partial charge in [-0.25, -0.2) is 0 Å². The molecule has 3 N–H and O–H groups in total. The fourth-order valence-electron chi connectivity index (χ4n) is 1.70. The van der Waals surface area contributed by atoms with E-state index in [-0.39, 0.29) is 24.4 Å². The fourth-order valence-corrected chi connectivity index (χ4v) is 1.70. The van der Waals surface area contributed by atoms with Gasteiger partial charge in [0.05, 0.1) is 6.54 Å². The maximum atomic E-state index is 11.9. The number of carbonyl (C=O) groups excluding carboxylic acids is 2. The van der Waals surface area contributed by atoms with E-state index in [1.54, 1.807) is 0 Å². The lowest BCUT2D eigenvalue weighted by Crippen LogP contribution is -2.56. The molecule has 1 unspecified atom stereocenters. The Morgan fingerprint density at radius 1 is 1.47 bits per heavy atom. The van der Waals surface area contributed by atoms with Gasteiger partial charge in [-0.15, -0.1) is 0 Å². The van der Waals surface area contributed by atoms with Gasteiger partial charge in [0.1, 0.15) is 6.04 Å². The van der Waals surface area contributed by atoms with Crippen LogP contribution in [0.15, 0.2) is 24.3 Å². The second-order valence-corrected chi connectivity index (χ2v) is 4.10. The Labute approximate surface area is 99.6 Å². The molecule has 1 heterocycles. The lowest BCUT2D eigenvalue weighted by molar-refractivity contribution is -0.124. The molecule has 0 aromatic heterocycles. The predicted octanol–water partition coefficient (Wildman–Crippen LogP) is 0.0215. The van der Waals surface area contributed by atoms with Crippen LogP contribution < -0.4 is 16.0 Å². The van der Waals surface area contributed by atoms with Crippen molar-refractivity contribution in [3.8, 4) is 0 Å². The molecule has 1 aliphatic rings. The highest BCUT2D eigenvalue weighted by molar-refractivity contribution is 5.96. The molecular formula is C12H15N3O2. The molecule has 1 aromatic rings. The molecule has 1 fully saturated rings. The summed E-state index contributed by atoms with van der Waals surface area (Å²) in [4.78, 5) is 22.8. The molecule has 0 bridgehead atoms. The van der Waals surface area contributed by atoms with Gasteiger partial charge in [0.15, 0.2) is 0 Å². The summed E-state index contributed by atoms with van der Waals surface area (Å²) < 4.78 is 0. The van der Waals surface area contributed by atoms with Gasteiger partial charge in [0.25, 0.3) is 0 Å². The lowest BCUT2D eigenvalue weighted by Gasteiger charge is -2.23. The van der Waals surface area contributed by atoms with E-state index in [9.17, 15) is 9.59 Å². The molecule has 2 rings (SSSR count). The first-order valence-corrected chi connectivity index (χ1v) is 5.53. The van der Waals surface area contributed by atoms with Crippen LogP contribution in [0, 0.1) is 6.92 Å². The van der Waals surface area contributed by atoms with Crippen LogP contribution >= 0.6 is 0 Å². The Hall–Kier alpha value is -1.88. The Balaban J connectivity index is 1.95. The molecule has 0 aliphatic carbocycles. The summed E-state index contributed by atoms with van der Waals surface area (Å²) in [5, 5.41) is 8.34. The van der Waals surface area contributed by atoms with E-state index >= 15 is 0 Å². The van der Waals surface area contributed by atoms with Crippen molar-refractivity contribution in [1.82, 2.24) is 10.6 Å². The van der Waals surface area contributed by atoms with Crippen molar-refractivity contribution in [2.75, 3.05) is 18.4 Å². The van der Waals surface area contributed by atoms with Gasteiger partial charge in [-0.05, 0) is 24.6 Å². The van der Waals surface area contributed by atoms with Crippen LogP contribution in [0.1, 0.15) is 5.56 Å². The van der Waals surface area contributed by atoms with Crippen molar-refractivity contribution < 1.29 is 9.59 Å². The molecule has 1 atom stereocenters. The number of nitrogens with one attached hydrogen (secondary N) is 3. The van der Waals surface area contributed by atoms with Crippen LogP contribution in [0.25, 0.3) is 0 Å². The molecule has 0 radical (unpaired) electrons. The highest BCUT2D eigenvalue weighted by Gasteiger charge is 2.23. The van der Waals surface area contributed by atoms with Crippen LogP contribution in [-0.2, 0) is 9.59 Å². The number of aryl methyl sites for hydroxylation is 1. The molecule has 1 saturated heterocycles. The third-order valence-electron chi connectivity index (χ3n) is 2.61. The molecule has 17 heavy (non-hydrogen) atoms. The van der Waals surface area contributed by atoms with E-state index in [1.807, 2.05) is 31.2 Å². The van der Waals surface area contributed by atoms with Crippen LogP contribution in [0.2, 0.25) is 0 Å². The molecule has 5 heteroatoms. The predicted molar refractivity (Wildman–Crippen MR) is 64.6 cm³/mol. The number of amides is 2. The Kier molecular flexibility index (Phi) is 3.39. The van der Waals surface area contributed by atoms with Crippen molar-refractivity contribution >= 4 is 17.5 Å². The van der Waals surface area contributed by atoms with Gasteiger partial charge in [-0.3, -0.25) is 14.9 Å². The van der Waals surface area contributed by atoms with Crippen LogP contribution in [0.4, 0.5) is 5.69 Å². The number of benzene rings is 1. The molecular weight excluding hydrogens is 218 g/mol. The minimum Gasteiger partial charge on any atom is -0.353 e. The first kappa shape index (κ1) is 11.6. The number of piperazine rings is 1. The highest BCUT2D eigenvalue weighted by Crippen LogP contribution is 2.09. The quantitative estimate of drug-likeness (QED) is 0.674. The van der Waals surface area contributed by atoms with Crippen molar-refractivity contribution in [3.63, 3.8) is 0 Å². The summed E-state index contributed by atoms with van der Waals surface area (Å²) in [6, 6.07) is 7.23. The minimum atomic E-state index is -0.367. The van der Waals surface area contributed by atoms with Crippen LogP contribution in [-0.4, -0.2) is 30.9 Å². The summed E-state index contributed by atoms with van der Waals surface area (Å²) in [5.74, 6) is -0.208. The highest BCUT2D eigenvalue weighted by atomic mass is 16.2. The number of rotatable bonds is 2. The summed E-state index contributed by atoms with van der Waals surface area (Å²) in [6.45, 7) is 2.48. The second kappa shape index (κ2) is 4.97. The topological polar surface area (TPSA) is 70.2 Å². The Bertz CT molecular complexity index is 435. The monoisotopic (exact) mass is 233 g/mol. The van der Waals surface area contributed by atoms with Crippen molar-refractivity contribution in [3.05, 3.63) is 29.8 Å². The van der Waals surface area contributed by atoms with Crippen LogP contribution in [0.5, 0.6) is 0 Å². The molecule has 1 aliphatic heterocycles. The van der Waals surface area contributed by atoms with E-state index < -0.39 is 0 Å². The largest absolute Gasteiger partial charge is 0.353 e. The van der Waals surface area contributed by atoms with Gasteiger partial charge in [0.2, 0.25) is 11.8 Å². The van der Waals surface area contributed by atoms with Gasteiger partial charge in [-0.1, -0.05) is 12.1 Å². The summed E-state index contributed by atoms with van der Waals surface area (Å²) in [6.07, 6.45) is 0. The van der Waals surface area contributed by atoms with E-state index in [0.717, 1.165) is 11.3 Å². The molecule has 2 amide bonds. The maximum Gasteiger partial charge on any atom is 0.243 e. The minimum absolute atomic E-state index is 0.0791. The SMILES string of the molecule is Cc1cccc(NC(=O)C2CNC(=O)CN2)c1. The van der Waals surface area contributed by atoms with Crippen molar-refractivity contribution in [2.45, 2.75) is 13.0 Å². The molecule has 5 nitrogen and oxygen atoms in total. The summed E-state index contributed by atoms with van der Waals surface area (Å²) in [5.41, 5.74) is 1.86. The van der Waals surface area contributed by atoms with Crippen molar-refractivity contribution in [1.29, 1.82) is 0 Å². The number of carbonyl (C=O) groups is 2. The number of anilines is 1. The zero-order chi connectivity index (χ0) is 12.3. The smallest absolute Gasteiger partial charge is 0.243 e. The van der Waals surface area contributed by atoms with Crippen LogP contribution in [0.3, 0.4) is 0 Å². The number of hydrogen-bond acceptors (Lipinski definition) is 3. The first-order valence-electron chi connectivity index (χ1n) is 5.53. The second-order valence-electron chi connectivity index (χ2n) is 4.10. The average Bonchev–Trinajstić information content (AvgIpc) is 2.29. The van der Waals surface area contributed by atoms with Gasteiger partial charge >= 0.3 is 0 Å². The fraction of sp³-hybridized carbons (Fsp3) is 0.333. The zero-order valence-corrected chi connectivity index (χ0v) is 9.62. The van der Waals surface area contributed by atoms with Gasteiger partial charge < -0.3 is 10.6 Å². The van der Waals surface area contributed by atoms with Gasteiger partial charge in [-0.2, -0.15) is 0 Å². The Morgan fingerprint density at radius 2 is 2.29 bits per heavy atom. The zero-order valence-electron chi connectivity index (χ0n) is 9.62. The van der Waals surface area contributed by atoms with Crippen molar-refractivity contribution in [2.24, 2.45) is 0 Å². The standard InChI is InChI=1S/C12H15N3O2/c1-8-3-2-4-9(5-8)15-12(17)10-6-14-11(16)7-13-10/h2-5,10,13H,6-7H2,1H3,(H,14,16)(H,15,17). The van der Waals surface area contributed by atoms with E-state index in [4.69, 9.17) is 0 Å². The van der Waals surface area contributed by atoms with Gasteiger partial charge in [0, 0.05) is 12.2 Å². The first-order chi connectivity index (χ1) is 8.15.